The Morgan fingerprint density at radius 3 is 2.46 bits per heavy atom. The molecule has 0 amide bonds. The van der Waals surface area contributed by atoms with Gasteiger partial charge in [-0.1, -0.05) is 23.5 Å². The summed E-state index contributed by atoms with van der Waals surface area (Å²) in [6.45, 7) is 1.72. The first-order valence-electron chi connectivity index (χ1n) is 8.03. The lowest BCUT2D eigenvalue weighted by Gasteiger charge is -2.12. The van der Waals surface area contributed by atoms with Crippen LogP contribution in [-0.4, -0.2) is 58.5 Å². The van der Waals surface area contributed by atoms with Gasteiger partial charge in [-0.15, -0.1) is 10.2 Å². The van der Waals surface area contributed by atoms with Gasteiger partial charge in [-0.3, -0.25) is 0 Å². The zero-order valence-corrected chi connectivity index (χ0v) is 16.9. The summed E-state index contributed by atoms with van der Waals surface area (Å²) in [6, 6.07) is 5.96. The summed E-state index contributed by atoms with van der Waals surface area (Å²) in [6.07, 6.45) is 2.13. The summed E-state index contributed by atoms with van der Waals surface area (Å²) in [5.74, 6) is -0.321. The average Bonchev–Trinajstić information content (AvgIpc) is 3.26. The molecule has 0 spiro atoms. The summed E-state index contributed by atoms with van der Waals surface area (Å²) in [4.78, 5) is 2.09. The van der Waals surface area contributed by atoms with E-state index in [1.54, 1.807) is 6.07 Å². The van der Waals surface area contributed by atoms with Gasteiger partial charge in [-0.25, -0.2) is 21.1 Å². The molecule has 3 rings (SSSR count). The highest BCUT2D eigenvalue weighted by atomic mass is 32.2. The summed E-state index contributed by atoms with van der Waals surface area (Å²) >= 11 is 1.06. The van der Waals surface area contributed by atoms with Crippen molar-refractivity contribution in [1.82, 2.24) is 14.5 Å². The van der Waals surface area contributed by atoms with Gasteiger partial charge in [-0.2, -0.15) is 0 Å². The van der Waals surface area contributed by atoms with Gasteiger partial charge in [0.1, 0.15) is 0 Å². The van der Waals surface area contributed by atoms with E-state index in [2.05, 4.69) is 10.2 Å². The number of sulfonamides is 1. The predicted octanol–water partition coefficient (Wildman–Crippen LogP) is 1.36. The van der Waals surface area contributed by atoms with Crippen LogP contribution in [0.4, 0.5) is 5.13 Å². The van der Waals surface area contributed by atoms with Crippen LogP contribution in [0, 0.1) is 0 Å². The average molecular weight is 417 g/mol. The van der Waals surface area contributed by atoms with Gasteiger partial charge in [0.2, 0.25) is 29.3 Å². The fourth-order valence-electron chi connectivity index (χ4n) is 2.65. The Labute approximate surface area is 157 Å². The minimum atomic E-state index is -3.69. The molecule has 0 unspecified atom stereocenters. The van der Waals surface area contributed by atoms with Crippen LogP contribution in [0.3, 0.4) is 0 Å². The molecule has 2 aromatic rings. The minimum absolute atomic E-state index is 0.0414. The molecule has 0 N–H and O–H groups in total. The van der Waals surface area contributed by atoms with Crippen LogP contribution in [0.2, 0.25) is 0 Å². The quantitative estimate of drug-likeness (QED) is 0.701. The summed E-state index contributed by atoms with van der Waals surface area (Å²) in [5, 5.41) is 8.46. The van der Waals surface area contributed by atoms with E-state index in [0.29, 0.717) is 10.7 Å². The molecule has 0 bridgehead atoms. The number of hydrogen-bond donors (Lipinski definition) is 0. The van der Waals surface area contributed by atoms with Gasteiger partial charge >= 0.3 is 0 Å². The highest BCUT2D eigenvalue weighted by Gasteiger charge is 2.25. The Bertz CT molecular complexity index is 993. The molecule has 0 atom stereocenters. The number of benzene rings is 1. The number of hydrogen-bond acceptors (Lipinski definition) is 8. The van der Waals surface area contributed by atoms with E-state index in [0.717, 1.165) is 41.6 Å². The molecule has 0 saturated carbocycles. The lowest BCUT2D eigenvalue weighted by Crippen LogP contribution is -2.22. The van der Waals surface area contributed by atoms with Crippen molar-refractivity contribution in [3.05, 3.63) is 29.8 Å². The van der Waals surface area contributed by atoms with Crippen molar-refractivity contribution < 1.29 is 16.8 Å². The van der Waals surface area contributed by atoms with Gasteiger partial charge in [0.15, 0.2) is 0 Å². The molecule has 8 nitrogen and oxygen atoms in total. The van der Waals surface area contributed by atoms with Crippen LogP contribution in [-0.2, 0) is 25.6 Å². The van der Waals surface area contributed by atoms with E-state index in [4.69, 9.17) is 0 Å². The number of aromatic nitrogens is 2. The van der Waals surface area contributed by atoms with Crippen LogP contribution in [0.1, 0.15) is 18.4 Å². The first-order chi connectivity index (χ1) is 12.2. The molecule has 1 fully saturated rings. The Morgan fingerprint density at radius 2 is 1.81 bits per heavy atom. The van der Waals surface area contributed by atoms with E-state index in [9.17, 15) is 16.8 Å². The molecule has 1 saturated heterocycles. The highest BCUT2D eigenvalue weighted by molar-refractivity contribution is 7.92. The second-order valence-corrected chi connectivity index (χ2v) is 11.5. The zero-order chi connectivity index (χ0) is 18.9. The zero-order valence-electron chi connectivity index (χ0n) is 14.5. The topological polar surface area (TPSA) is 101 Å². The third-order valence-electron chi connectivity index (χ3n) is 4.07. The van der Waals surface area contributed by atoms with E-state index >= 15 is 0 Å². The molecule has 11 heteroatoms. The molecule has 0 aliphatic carbocycles. The van der Waals surface area contributed by atoms with E-state index < -0.39 is 19.9 Å². The number of nitrogens with zero attached hydrogens (tertiary/aromatic N) is 4. The van der Waals surface area contributed by atoms with Crippen molar-refractivity contribution >= 4 is 36.3 Å². The maximum absolute atomic E-state index is 12.7. The van der Waals surface area contributed by atoms with Crippen LogP contribution < -0.4 is 4.90 Å². The number of anilines is 1. The van der Waals surface area contributed by atoms with Crippen LogP contribution in [0.15, 0.2) is 33.5 Å². The molecule has 142 valence electrons. The number of sulfone groups is 1. The van der Waals surface area contributed by atoms with Crippen LogP contribution in [0.25, 0.3) is 0 Å². The van der Waals surface area contributed by atoms with Crippen molar-refractivity contribution in [2.24, 2.45) is 0 Å². The Balaban J connectivity index is 1.84. The molecular weight excluding hydrogens is 396 g/mol. The van der Waals surface area contributed by atoms with Crippen molar-refractivity contribution in [3.63, 3.8) is 0 Å². The molecule has 2 heterocycles. The van der Waals surface area contributed by atoms with Crippen molar-refractivity contribution in [3.8, 4) is 0 Å². The van der Waals surface area contributed by atoms with Gasteiger partial charge in [0.05, 0.1) is 10.6 Å². The van der Waals surface area contributed by atoms with Gasteiger partial charge in [0, 0.05) is 27.2 Å². The van der Waals surface area contributed by atoms with Crippen molar-refractivity contribution in [2.45, 2.75) is 27.8 Å². The largest absolute Gasteiger partial charge is 0.347 e. The molecule has 26 heavy (non-hydrogen) atoms. The molecular formula is C15H20N4O4S3. The smallest absolute Gasteiger partial charge is 0.242 e. The summed E-state index contributed by atoms with van der Waals surface area (Å²) in [5.41, 5.74) is 0.394. The lowest BCUT2D eigenvalue weighted by atomic mass is 10.2. The monoisotopic (exact) mass is 416 g/mol. The van der Waals surface area contributed by atoms with E-state index in [-0.39, 0.29) is 15.0 Å². The van der Waals surface area contributed by atoms with Crippen LogP contribution >= 0.6 is 11.3 Å². The summed E-state index contributed by atoms with van der Waals surface area (Å²) < 4.78 is 50.8. The van der Waals surface area contributed by atoms with Gasteiger partial charge in [-0.05, 0) is 30.5 Å². The first kappa shape index (κ1) is 19.2. The lowest BCUT2D eigenvalue weighted by molar-refractivity contribution is 0.520. The van der Waals surface area contributed by atoms with E-state index in [1.807, 2.05) is 4.90 Å². The van der Waals surface area contributed by atoms with Crippen molar-refractivity contribution in [1.29, 1.82) is 0 Å². The van der Waals surface area contributed by atoms with Crippen LogP contribution in [0.5, 0.6) is 0 Å². The van der Waals surface area contributed by atoms with Crippen molar-refractivity contribution in [2.75, 3.05) is 32.1 Å². The molecule has 1 aromatic heterocycles. The number of rotatable bonds is 6. The fraction of sp³-hybridized carbons (Fsp3) is 0.467. The molecule has 1 aromatic carbocycles. The third-order valence-corrected chi connectivity index (χ3v) is 9.00. The maximum Gasteiger partial charge on any atom is 0.242 e. The molecule has 0 radical (unpaired) electrons. The second kappa shape index (κ2) is 7.22. The second-order valence-electron chi connectivity index (χ2n) is 6.24. The Hall–Kier alpha value is -1.56. The Morgan fingerprint density at radius 1 is 1.12 bits per heavy atom. The fourth-order valence-corrected chi connectivity index (χ4v) is 6.07. The molecule has 1 aliphatic rings. The Kier molecular flexibility index (Phi) is 5.33. The maximum atomic E-state index is 12.7. The van der Waals surface area contributed by atoms with Gasteiger partial charge in [0.25, 0.3) is 0 Å². The predicted molar refractivity (Wildman–Crippen MR) is 99.6 cm³/mol. The standard InChI is InChI=1S/C15H20N4O4S3/c1-18(2)26(22,23)13-7-5-6-12(10-13)11-25(20,21)15-17-16-14(24-15)19-8-3-4-9-19/h5-7,10H,3-4,8-9,11H2,1-2H3. The van der Waals surface area contributed by atoms with E-state index in [1.165, 1.54) is 32.3 Å². The third kappa shape index (κ3) is 3.90. The molecule has 1 aliphatic heterocycles. The van der Waals surface area contributed by atoms with Gasteiger partial charge < -0.3 is 4.90 Å². The highest BCUT2D eigenvalue weighted by Crippen LogP contribution is 2.28. The summed E-state index contributed by atoms with van der Waals surface area (Å²) in [7, 11) is -4.45. The SMILES string of the molecule is CN(C)S(=O)(=O)c1cccc(CS(=O)(=O)c2nnc(N3CCCC3)s2)c1. The normalized spacial score (nSPS) is 15.7. The minimum Gasteiger partial charge on any atom is -0.347 e. The first-order valence-corrected chi connectivity index (χ1v) is 11.9.